The molecule has 2 aromatic carbocycles. The Morgan fingerprint density at radius 1 is 1.04 bits per heavy atom. The molecule has 0 aliphatic rings. The summed E-state index contributed by atoms with van der Waals surface area (Å²) in [6.45, 7) is 1.35. The summed E-state index contributed by atoms with van der Waals surface area (Å²) in [5.74, 6) is -0.160. The number of hydrogen-bond acceptors (Lipinski definition) is 3. The maximum Gasteiger partial charge on any atom is 0.308 e. The maximum absolute atomic E-state index is 12.5. The summed E-state index contributed by atoms with van der Waals surface area (Å²) in [5, 5.41) is 3.60. The fraction of sp³-hybridized carbons (Fsp3) is 0.111. The van der Waals surface area contributed by atoms with E-state index in [4.69, 9.17) is 4.74 Å². The van der Waals surface area contributed by atoms with Gasteiger partial charge >= 0.3 is 5.97 Å². The van der Waals surface area contributed by atoms with Crippen LogP contribution in [-0.2, 0) is 11.8 Å². The first kappa shape index (κ1) is 14.8. The lowest BCUT2D eigenvalue weighted by Crippen LogP contribution is -2.11. The van der Waals surface area contributed by atoms with E-state index in [0.29, 0.717) is 16.8 Å². The molecule has 0 atom stereocenters. The number of esters is 1. The van der Waals surface area contributed by atoms with Crippen LogP contribution in [0.4, 0.5) is 5.69 Å². The standard InChI is InChI=1S/C18H16N2O3/c1-12(21)23-16-10-6-9-14-15(11-20(2)17(14)16)18(22)19-13-7-4-3-5-8-13/h3-11H,1-2H3,(H,19,22). The molecule has 3 rings (SSSR count). The normalized spacial score (nSPS) is 10.5. The summed E-state index contributed by atoms with van der Waals surface area (Å²) in [7, 11) is 1.81. The number of anilines is 1. The van der Waals surface area contributed by atoms with Crippen molar-refractivity contribution in [3.63, 3.8) is 0 Å². The van der Waals surface area contributed by atoms with E-state index in [1.54, 1.807) is 22.9 Å². The number of rotatable bonds is 3. The van der Waals surface area contributed by atoms with E-state index in [-0.39, 0.29) is 5.91 Å². The molecule has 0 bridgehead atoms. The van der Waals surface area contributed by atoms with Crippen LogP contribution in [0.5, 0.6) is 5.75 Å². The van der Waals surface area contributed by atoms with Gasteiger partial charge in [0, 0.05) is 31.2 Å². The van der Waals surface area contributed by atoms with Crippen molar-refractivity contribution < 1.29 is 14.3 Å². The first-order chi connectivity index (χ1) is 11.1. The van der Waals surface area contributed by atoms with Crippen molar-refractivity contribution in [2.75, 3.05) is 5.32 Å². The van der Waals surface area contributed by atoms with Crippen LogP contribution in [-0.4, -0.2) is 16.4 Å². The largest absolute Gasteiger partial charge is 0.424 e. The van der Waals surface area contributed by atoms with Crippen LogP contribution in [0.3, 0.4) is 0 Å². The summed E-state index contributed by atoms with van der Waals surface area (Å²) in [4.78, 5) is 23.8. The van der Waals surface area contributed by atoms with Crippen LogP contribution in [0, 0.1) is 0 Å². The Kier molecular flexibility index (Phi) is 3.85. The van der Waals surface area contributed by atoms with Gasteiger partial charge in [0.25, 0.3) is 5.91 Å². The van der Waals surface area contributed by atoms with Crippen molar-refractivity contribution in [3.05, 3.63) is 60.3 Å². The zero-order valence-corrected chi connectivity index (χ0v) is 12.9. The predicted molar refractivity (Wildman–Crippen MR) is 88.6 cm³/mol. The molecule has 5 heteroatoms. The quantitative estimate of drug-likeness (QED) is 0.596. The van der Waals surface area contributed by atoms with E-state index in [1.165, 1.54) is 6.92 Å². The lowest BCUT2D eigenvalue weighted by Gasteiger charge is -2.06. The molecule has 0 saturated heterocycles. The third kappa shape index (κ3) is 2.94. The van der Waals surface area contributed by atoms with Crippen molar-refractivity contribution in [1.29, 1.82) is 0 Å². The number of benzene rings is 2. The van der Waals surface area contributed by atoms with Gasteiger partial charge in [0.05, 0.1) is 11.1 Å². The summed E-state index contributed by atoms with van der Waals surface area (Å²) < 4.78 is 7.01. The average molecular weight is 308 g/mol. The molecule has 3 aromatic rings. The topological polar surface area (TPSA) is 60.3 Å². The third-order valence-electron chi connectivity index (χ3n) is 3.49. The molecule has 116 valence electrons. The van der Waals surface area contributed by atoms with Crippen LogP contribution in [0.2, 0.25) is 0 Å². The molecule has 0 radical (unpaired) electrons. The fourth-order valence-corrected chi connectivity index (χ4v) is 2.57. The van der Waals surface area contributed by atoms with Crippen molar-refractivity contribution in [2.45, 2.75) is 6.92 Å². The van der Waals surface area contributed by atoms with E-state index in [9.17, 15) is 9.59 Å². The summed E-state index contributed by atoms with van der Waals surface area (Å²) >= 11 is 0. The number of nitrogens with one attached hydrogen (secondary N) is 1. The molecule has 0 aliphatic carbocycles. The Morgan fingerprint density at radius 2 is 1.78 bits per heavy atom. The number of para-hydroxylation sites is 2. The Bertz CT molecular complexity index is 882. The van der Waals surface area contributed by atoms with E-state index >= 15 is 0 Å². The first-order valence-corrected chi connectivity index (χ1v) is 7.19. The summed E-state index contributed by atoms with van der Waals surface area (Å²) in [6.07, 6.45) is 1.73. The smallest absolute Gasteiger partial charge is 0.308 e. The fourth-order valence-electron chi connectivity index (χ4n) is 2.57. The summed E-state index contributed by atoms with van der Waals surface area (Å²) in [6, 6.07) is 14.6. The number of hydrogen-bond donors (Lipinski definition) is 1. The highest BCUT2D eigenvalue weighted by Crippen LogP contribution is 2.30. The SMILES string of the molecule is CC(=O)Oc1cccc2c(C(=O)Nc3ccccc3)cn(C)c12. The minimum Gasteiger partial charge on any atom is -0.424 e. The van der Waals surface area contributed by atoms with E-state index in [2.05, 4.69) is 5.32 Å². The number of carbonyl (C=O) groups excluding carboxylic acids is 2. The number of carbonyl (C=O) groups is 2. The average Bonchev–Trinajstić information content (AvgIpc) is 2.86. The van der Waals surface area contributed by atoms with Crippen molar-refractivity contribution >= 4 is 28.5 Å². The van der Waals surface area contributed by atoms with Crippen LogP contribution in [0.25, 0.3) is 10.9 Å². The van der Waals surface area contributed by atoms with Crippen molar-refractivity contribution in [2.24, 2.45) is 7.05 Å². The predicted octanol–water partition coefficient (Wildman–Crippen LogP) is 3.36. The lowest BCUT2D eigenvalue weighted by atomic mass is 10.1. The van der Waals surface area contributed by atoms with Gasteiger partial charge in [0.2, 0.25) is 0 Å². The number of nitrogens with zero attached hydrogens (tertiary/aromatic N) is 1. The minimum atomic E-state index is -0.394. The lowest BCUT2D eigenvalue weighted by molar-refractivity contribution is -0.131. The van der Waals surface area contributed by atoms with Gasteiger partial charge in [-0.15, -0.1) is 0 Å². The number of ether oxygens (including phenoxy) is 1. The zero-order chi connectivity index (χ0) is 16.4. The molecule has 5 nitrogen and oxygen atoms in total. The highest BCUT2D eigenvalue weighted by Gasteiger charge is 2.17. The highest BCUT2D eigenvalue weighted by molar-refractivity contribution is 6.13. The van der Waals surface area contributed by atoms with Gasteiger partial charge in [0.15, 0.2) is 5.75 Å². The Hall–Kier alpha value is -3.08. The van der Waals surface area contributed by atoms with Crippen LogP contribution < -0.4 is 10.1 Å². The second-order valence-electron chi connectivity index (χ2n) is 5.22. The van der Waals surface area contributed by atoms with Crippen molar-refractivity contribution in [3.8, 4) is 5.75 Å². The number of fused-ring (bicyclic) bond motifs is 1. The van der Waals surface area contributed by atoms with Crippen molar-refractivity contribution in [1.82, 2.24) is 4.57 Å². The third-order valence-corrected chi connectivity index (χ3v) is 3.49. The second kappa shape index (κ2) is 5.96. The maximum atomic E-state index is 12.5. The number of amides is 1. The number of aromatic nitrogens is 1. The van der Waals surface area contributed by atoms with Gasteiger partial charge in [0.1, 0.15) is 0 Å². The molecule has 1 N–H and O–H groups in total. The molecule has 0 unspecified atom stereocenters. The molecule has 0 saturated carbocycles. The van der Waals surface area contributed by atoms with Gasteiger partial charge in [-0.3, -0.25) is 9.59 Å². The van der Waals surface area contributed by atoms with Crippen LogP contribution in [0.1, 0.15) is 17.3 Å². The zero-order valence-electron chi connectivity index (χ0n) is 12.9. The molecule has 23 heavy (non-hydrogen) atoms. The van der Waals surface area contributed by atoms with E-state index in [1.807, 2.05) is 43.4 Å². The highest BCUT2D eigenvalue weighted by atomic mass is 16.5. The van der Waals surface area contributed by atoms with Gasteiger partial charge in [-0.25, -0.2) is 0 Å². The van der Waals surface area contributed by atoms with Gasteiger partial charge in [-0.2, -0.15) is 0 Å². The van der Waals surface area contributed by atoms with E-state index in [0.717, 1.165) is 11.1 Å². The van der Waals surface area contributed by atoms with Crippen LogP contribution >= 0.6 is 0 Å². The Labute approximate surface area is 133 Å². The van der Waals surface area contributed by atoms with Crippen LogP contribution in [0.15, 0.2) is 54.7 Å². The Morgan fingerprint density at radius 3 is 2.48 bits per heavy atom. The van der Waals surface area contributed by atoms with Gasteiger partial charge in [-0.1, -0.05) is 30.3 Å². The molecular formula is C18H16N2O3. The van der Waals surface area contributed by atoms with Gasteiger partial charge in [-0.05, 0) is 18.2 Å². The molecule has 1 aromatic heterocycles. The molecule has 0 spiro atoms. The second-order valence-corrected chi connectivity index (χ2v) is 5.22. The van der Waals surface area contributed by atoms with Gasteiger partial charge < -0.3 is 14.6 Å². The number of aryl methyl sites for hydroxylation is 1. The molecule has 1 heterocycles. The monoisotopic (exact) mass is 308 g/mol. The first-order valence-electron chi connectivity index (χ1n) is 7.19. The molecule has 0 fully saturated rings. The molecular weight excluding hydrogens is 292 g/mol. The molecule has 1 amide bonds. The molecule has 0 aliphatic heterocycles. The van der Waals surface area contributed by atoms with E-state index < -0.39 is 5.97 Å². The minimum absolute atomic E-state index is 0.207. The Balaban J connectivity index is 2.02. The summed E-state index contributed by atoms with van der Waals surface area (Å²) in [5.41, 5.74) is 1.96.